The molecule has 3 heterocycles. The molecular weight excluding hydrogens is 392 g/mol. The highest BCUT2D eigenvalue weighted by molar-refractivity contribution is 7.89. The van der Waals surface area contributed by atoms with Gasteiger partial charge in [-0.1, -0.05) is 13.8 Å². The predicted octanol–water partition coefficient (Wildman–Crippen LogP) is 1.43. The lowest BCUT2D eigenvalue weighted by Gasteiger charge is -2.43. The summed E-state index contributed by atoms with van der Waals surface area (Å²) in [5.74, 6) is 0.451. The lowest BCUT2D eigenvalue weighted by molar-refractivity contribution is -0.139. The summed E-state index contributed by atoms with van der Waals surface area (Å²) in [6, 6.07) is -0.00275. The molecular formula is C20H36N4O4S. The van der Waals surface area contributed by atoms with Crippen LogP contribution in [0.4, 0.5) is 4.79 Å². The molecule has 0 unspecified atom stereocenters. The Morgan fingerprint density at radius 2 is 1.62 bits per heavy atom. The first-order valence-electron chi connectivity index (χ1n) is 10.6. The first-order chi connectivity index (χ1) is 13.4. The minimum atomic E-state index is -3.24. The Labute approximate surface area is 175 Å². The molecule has 3 saturated heterocycles. The first-order valence-corrected chi connectivity index (χ1v) is 12.3. The van der Waals surface area contributed by atoms with E-state index in [0.717, 1.165) is 6.42 Å². The molecule has 0 saturated carbocycles. The van der Waals surface area contributed by atoms with Crippen molar-refractivity contribution >= 4 is 22.0 Å². The maximum absolute atomic E-state index is 13.3. The monoisotopic (exact) mass is 428 g/mol. The smallest absolute Gasteiger partial charge is 0.319 e. The van der Waals surface area contributed by atoms with E-state index in [0.29, 0.717) is 51.9 Å². The summed E-state index contributed by atoms with van der Waals surface area (Å²) in [5, 5.41) is 0. The molecule has 29 heavy (non-hydrogen) atoms. The van der Waals surface area contributed by atoms with Gasteiger partial charge in [0.05, 0.1) is 11.2 Å². The van der Waals surface area contributed by atoms with E-state index < -0.39 is 15.4 Å². The van der Waals surface area contributed by atoms with Gasteiger partial charge in [0.1, 0.15) is 0 Å². The second-order valence-corrected chi connectivity index (χ2v) is 11.8. The molecule has 3 amide bonds. The number of nitrogens with zero attached hydrogens (tertiary/aromatic N) is 4. The molecule has 0 atom stereocenters. The summed E-state index contributed by atoms with van der Waals surface area (Å²) in [6.45, 7) is 6.00. The number of amides is 3. The highest BCUT2D eigenvalue weighted by Crippen LogP contribution is 2.52. The molecule has 3 rings (SSSR count). The topological polar surface area (TPSA) is 81.2 Å². The van der Waals surface area contributed by atoms with E-state index >= 15 is 0 Å². The van der Waals surface area contributed by atoms with Crippen LogP contribution in [-0.2, 0) is 14.8 Å². The van der Waals surface area contributed by atoms with Crippen LogP contribution in [0.3, 0.4) is 0 Å². The molecule has 3 aliphatic rings. The van der Waals surface area contributed by atoms with Crippen molar-refractivity contribution in [2.75, 3.05) is 53.1 Å². The molecule has 0 N–H and O–H groups in total. The Morgan fingerprint density at radius 3 is 2.10 bits per heavy atom. The molecule has 0 radical (unpaired) electrons. The summed E-state index contributed by atoms with van der Waals surface area (Å²) in [6.07, 6.45) is 3.53. The minimum Gasteiger partial charge on any atom is -0.339 e. The van der Waals surface area contributed by atoms with Crippen molar-refractivity contribution in [2.24, 2.45) is 11.3 Å². The zero-order valence-corrected chi connectivity index (χ0v) is 19.3. The molecule has 0 bridgehead atoms. The van der Waals surface area contributed by atoms with Crippen molar-refractivity contribution in [3.8, 4) is 0 Å². The molecule has 0 aromatic carbocycles. The van der Waals surface area contributed by atoms with Gasteiger partial charge in [-0.15, -0.1) is 0 Å². The predicted molar refractivity (Wildman–Crippen MR) is 112 cm³/mol. The van der Waals surface area contributed by atoms with Crippen molar-refractivity contribution in [3.05, 3.63) is 0 Å². The van der Waals surface area contributed by atoms with Crippen LogP contribution in [0.5, 0.6) is 0 Å². The molecule has 0 aromatic heterocycles. The maximum atomic E-state index is 13.3. The zero-order chi connectivity index (χ0) is 21.6. The number of urea groups is 1. The number of carbonyl (C=O) groups excluding carboxylic acids is 2. The van der Waals surface area contributed by atoms with Crippen molar-refractivity contribution < 1.29 is 18.0 Å². The Morgan fingerprint density at radius 1 is 1.07 bits per heavy atom. The fraction of sp³-hybridized carbons (Fsp3) is 0.900. The number of piperidine rings is 2. The van der Waals surface area contributed by atoms with E-state index in [2.05, 4.69) is 0 Å². The standard InChI is InChI=1S/C20H36N4O4S/c1-16(2)14-29(27,28)24-12-8-20(9-13-24)15-19(17(25)22(20)5)6-10-23(11-7-19)18(26)21(3)4/h16H,6-15H2,1-5H3. The molecule has 2 spiro atoms. The normalized spacial score (nSPS) is 24.7. The highest BCUT2D eigenvalue weighted by atomic mass is 32.2. The molecule has 3 fully saturated rings. The van der Waals surface area contributed by atoms with E-state index in [1.165, 1.54) is 0 Å². The van der Waals surface area contributed by atoms with Crippen molar-refractivity contribution in [2.45, 2.75) is 51.5 Å². The number of hydrogen-bond donors (Lipinski definition) is 0. The van der Waals surface area contributed by atoms with E-state index in [1.807, 2.05) is 30.7 Å². The Kier molecular flexibility index (Phi) is 5.95. The SMILES string of the molecule is CC(C)CS(=O)(=O)N1CCC2(CC1)CC1(CCN(C(=O)N(C)C)CC1)C(=O)N2C. The average Bonchev–Trinajstić information content (AvgIpc) is 2.83. The maximum Gasteiger partial charge on any atom is 0.319 e. The van der Waals surface area contributed by atoms with Gasteiger partial charge in [0.2, 0.25) is 15.9 Å². The van der Waals surface area contributed by atoms with Crippen LogP contribution < -0.4 is 0 Å². The number of sulfonamides is 1. The van der Waals surface area contributed by atoms with Gasteiger partial charge in [0, 0.05) is 52.9 Å². The van der Waals surface area contributed by atoms with E-state index in [-0.39, 0.29) is 29.1 Å². The van der Waals surface area contributed by atoms with Crippen LogP contribution >= 0.6 is 0 Å². The number of likely N-dealkylation sites (tertiary alicyclic amines) is 2. The molecule has 9 heteroatoms. The van der Waals surface area contributed by atoms with Gasteiger partial charge in [-0.25, -0.2) is 17.5 Å². The fourth-order valence-electron chi connectivity index (χ4n) is 5.41. The second kappa shape index (κ2) is 7.72. The Bertz CT molecular complexity index is 748. The zero-order valence-electron chi connectivity index (χ0n) is 18.5. The van der Waals surface area contributed by atoms with Crippen LogP contribution in [0, 0.1) is 11.3 Å². The fourth-order valence-corrected chi connectivity index (χ4v) is 7.21. The number of rotatable bonds is 3. The minimum absolute atomic E-state index is 0.00275. The number of carbonyl (C=O) groups is 2. The molecule has 0 aromatic rings. The van der Waals surface area contributed by atoms with Crippen LogP contribution in [-0.4, -0.2) is 98.0 Å². The third kappa shape index (κ3) is 4.00. The van der Waals surface area contributed by atoms with Gasteiger partial charge in [-0.05, 0) is 38.0 Å². The Balaban J connectivity index is 1.68. The summed E-state index contributed by atoms with van der Waals surface area (Å²) >= 11 is 0. The molecule has 166 valence electrons. The van der Waals surface area contributed by atoms with Gasteiger partial charge in [-0.2, -0.15) is 0 Å². The molecule has 3 aliphatic heterocycles. The van der Waals surface area contributed by atoms with Crippen molar-refractivity contribution in [1.82, 2.24) is 19.0 Å². The lowest BCUT2D eigenvalue weighted by atomic mass is 9.71. The van der Waals surface area contributed by atoms with Crippen LogP contribution in [0.1, 0.15) is 46.0 Å². The lowest BCUT2D eigenvalue weighted by Crippen LogP contribution is -2.53. The molecule has 0 aliphatic carbocycles. The number of hydrogen-bond acceptors (Lipinski definition) is 4. The van der Waals surface area contributed by atoms with Gasteiger partial charge < -0.3 is 14.7 Å². The van der Waals surface area contributed by atoms with Gasteiger partial charge >= 0.3 is 6.03 Å². The third-order valence-electron chi connectivity index (χ3n) is 7.10. The summed E-state index contributed by atoms with van der Waals surface area (Å²) in [7, 11) is 2.14. The largest absolute Gasteiger partial charge is 0.339 e. The first kappa shape index (κ1) is 22.3. The van der Waals surface area contributed by atoms with E-state index in [4.69, 9.17) is 0 Å². The van der Waals surface area contributed by atoms with Crippen molar-refractivity contribution in [3.63, 3.8) is 0 Å². The van der Waals surface area contributed by atoms with Crippen LogP contribution in [0.25, 0.3) is 0 Å². The van der Waals surface area contributed by atoms with E-state index in [9.17, 15) is 18.0 Å². The summed E-state index contributed by atoms with van der Waals surface area (Å²) in [5.41, 5.74) is -0.661. The third-order valence-corrected chi connectivity index (χ3v) is 9.34. The quantitative estimate of drug-likeness (QED) is 0.681. The second-order valence-electron chi connectivity index (χ2n) is 9.78. The van der Waals surface area contributed by atoms with E-state index in [1.54, 1.807) is 23.3 Å². The van der Waals surface area contributed by atoms with Gasteiger partial charge in [0.15, 0.2) is 0 Å². The van der Waals surface area contributed by atoms with Gasteiger partial charge in [0.25, 0.3) is 0 Å². The highest BCUT2D eigenvalue weighted by Gasteiger charge is 2.59. The van der Waals surface area contributed by atoms with Crippen LogP contribution in [0.15, 0.2) is 0 Å². The van der Waals surface area contributed by atoms with Gasteiger partial charge in [-0.3, -0.25) is 4.79 Å². The van der Waals surface area contributed by atoms with Crippen molar-refractivity contribution in [1.29, 1.82) is 0 Å². The average molecular weight is 429 g/mol. The van der Waals surface area contributed by atoms with Crippen LogP contribution in [0.2, 0.25) is 0 Å². The Hall–Kier alpha value is -1.35. The summed E-state index contributed by atoms with van der Waals surface area (Å²) in [4.78, 5) is 30.8. The summed E-state index contributed by atoms with van der Waals surface area (Å²) < 4.78 is 26.8. The molecule has 8 nitrogen and oxygen atoms in total.